The number of alkyl halides is 2. The number of methoxy groups -OCH3 is 2. The second-order valence-electron chi connectivity index (χ2n) is 13.6. The number of carbonyl (C=O) groups is 6. The van der Waals surface area contributed by atoms with E-state index in [0.717, 1.165) is 25.0 Å². The third kappa shape index (κ3) is 12.9. The lowest BCUT2D eigenvalue weighted by molar-refractivity contribution is -0.127. The molecule has 2 atom stereocenters. The zero-order valence-electron chi connectivity index (χ0n) is 34.4. The summed E-state index contributed by atoms with van der Waals surface area (Å²) >= 11 is 24.4. The molecule has 4 amide bonds. The molecule has 5 rings (SSSR count). The van der Waals surface area contributed by atoms with Crippen LogP contribution in [0.5, 0.6) is 11.5 Å². The van der Waals surface area contributed by atoms with Crippen molar-refractivity contribution < 1.29 is 38.2 Å². The summed E-state index contributed by atoms with van der Waals surface area (Å²) < 4.78 is 11.0. The quantitative estimate of drug-likeness (QED) is 0.0375. The summed E-state index contributed by atoms with van der Waals surface area (Å²) in [4.78, 5) is 78.4. The smallest absolute Gasteiger partial charge is 0.258 e. The fourth-order valence-electron chi connectivity index (χ4n) is 5.85. The number of nitrogens with zero attached hydrogens (tertiary/aromatic N) is 4. The molecule has 0 saturated heterocycles. The first kappa shape index (κ1) is 48.3. The average molecular weight is 949 g/mol. The van der Waals surface area contributed by atoms with E-state index in [4.69, 9.17) is 55.9 Å². The highest BCUT2D eigenvalue weighted by molar-refractivity contribution is 6.31. The Bertz CT molecular complexity index is 2500. The molecule has 0 aromatic heterocycles. The first-order valence-corrected chi connectivity index (χ1v) is 20.7. The van der Waals surface area contributed by atoms with Crippen molar-refractivity contribution in [2.24, 2.45) is 20.5 Å². The van der Waals surface area contributed by atoms with Gasteiger partial charge in [-0.2, -0.15) is 20.5 Å². The maximum absolute atomic E-state index is 13.5. The highest BCUT2D eigenvalue weighted by Gasteiger charge is 2.28. The van der Waals surface area contributed by atoms with Gasteiger partial charge in [-0.1, -0.05) is 47.5 Å². The molecule has 0 fully saturated rings. The third-order valence-electron chi connectivity index (χ3n) is 8.85. The molecule has 20 heteroatoms. The van der Waals surface area contributed by atoms with Crippen molar-refractivity contribution in [1.82, 2.24) is 0 Å². The molecule has 0 aliphatic carbocycles. The number of halogens is 4. The van der Waals surface area contributed by atoms with E-state index in [1.807, 2.05) is 12.1 Å². The number of azo groups is 2. The van der Waals surface area contributed by atoms with Gasteiger partial charge in [0.05, 0.1) is 37.0 Å². The number of carbonyl (C=O) groups excluding carboxylic acids is 6. The molecule has 5 aromatic rings. The molecule has 0 heterocycles. The summed E-state index contributed by atoms with van der Waals surface area (Å²) in [5, 5.41) is 26.9. The standard InChI is InChI=1S/C44H38Cl4N8O8/c1-23(57)37(55-53-33-17-27(15-29(47)19-33)41(59)49-31-9-5-7-25(13-31)21-45)43(61)51-35-11-12-36(40(64-4)39(35)63-3)52-44(62)38(24(2)58)56-54-34-18-28(16-30(48)20-34)42(60)50-32-10-6-8-26(14-32)22-46/h5-20,37-38H,21-22H2,1-4H3,(H,49,59)(H,50,60)(H,51,61)(H,52,62). The van der Waals surface area contributed by atoms with Gasteiger partial charge in [-0.05, 0) is 97.8 Å². The van der Waals surface area contributed by atoms with E-state index in [0.29, 0.717) is 11.4 Å². The van der Waals surface area contributed by atoms with Crippen LogP contribution >= 0.6 is 46.4 Å². The number of hydrogen-bond acceptors (Lipinski definition) is 12. The zero-order chi connectivity index (χ0) is 46.5. The molecular weight excluding hydrogens is 910 g/mol. The van der Waals surface area contributed by atoms with E-state index < -0.39 is 47.3 Å². The van der Waals surface area contributed by atoms with Gasteiger partial charge in [0.2, 0.25) is 12.1 Å². The molecule has 0 aliphatic heterocycles. The number of anilines is 4. The highest BCUT2D eigenvalue weighted by Crippen LogP contribution is 2.42. The Hall–Kier alpha value is -6.72. The Morgan fingerprint density at radius 2 is 0.938 bits per heavy atom. The number of rotatable bonds is 18. The molecule has 64 heavy (non-hydrogen) atoms. The minimum absolute atomic E-state index is 0.0131. The molecule has 5 aromatic carbocycles. The van der Waals surface area contributed by atoms with Crippen LogP contribution in [0.1, 0.15) is 45.7 Å². The maximum atomic E-state index is 13.5. The summed E-state index contributed by atoms with van der Waals surface area (Å²) in [6, 6.07) is 21.7. The van der Waals surface area contributed by atoms with Gasteiger partial charge in [0.15, 0.2) is 23.1 Å². The van der Waals surface area contributed by atoms with Gasteiger partial charge in [-0.15, -0.1) is 23.2 Å². The molecule has 0 bridgehead atoms. The molecule has 16 nitrogen and oxygen atoms in total. The minimum atomic E-state index is -1.66. The van der Waals surface area contributed by atoms with Crippen LogP contribution in [0.2, 0.25) is 10.0 Å². The van der Waals surface area contributed by atoms with Crippen LogP contribution in [0, 0.1) is 0 Å². The Labute approximate surface area is 386 Å². The van der Waals surface area contributed by atoms with E-state index in [1.54, 1.807) is 36.4 Å². The lowest BCUT2D eigenvalue weighted by Gasteiger charge is -2.19. The maximum Gasteiger partial charge on any atom is 0.258 e. The van der Waals surface area contributed by atoms with Gasteiger partial charge in [-0.25, -0.2) is 0 Å². The predicted molar refractivity (Wildman–Crippen MR) is 246 cm³/mol. The minimum Gasteiger partial charge on any atom is -0.491 e. The fourth-order valence-corrected chi connectivity index (χ4v) is 6.64. The summed E-state index contributed by atoms with van der Waals surface area (Å²) in [7, 11) is 2.54. The summed E-state index contributed by atoms with van der Waals surface area (Å²) in [5.74, 6) is -3.82. The average Bonchev–Trinajstić information content (AvgIpc) is 3.26. The largest absolute Gasteiger partial charge is 0.491 e. The number of nitrogens with one attached hydrogen (secondary N) is 4. The van der Waals surface area contributed by atoms with Crippen LogP contribution in [-0.2, 0) is 30.9 Å². The molecule has 330 valence electrons. The number of benzene rings is 5. The second kappa shape index (κ2) is 22.6. The third-order valence-corrected chi connectivity index (χ3v) is 9.90. The summed E-state index contributed by atoms with van der Waals surface area (Å²) in [5.41, 5.74) is 3.06. The van der Waals surface area contributed by atoms with Crippen molar-refractivity contribution in [2.75, 3.05) is 35.5 Å². The lowest BCUT2D eigenvalue weighted by atomic mass is 10.1. The van der Waals surface area contributed by atoms with Gasteiger partial charge in [0.1, 0.15) is 0 Å². The van der Waals surface area contributed by atoms with Crippen molar-refractivity contribution >= 4 is 116 Å². The van der Waals surface area contributed by atoms with E-state index >= 15 is 0 Å². The van der Waals surface area contributed by atoms with Gasteiger partial charge >= 0.3 is 0 Å². The van der Waals surface area contributed by atoms with Crippen LogP contribution in [0.3, 0.4) is 0 Å². The first-order chi connectivity index (χ1) is 30.6. The summed E-state index contributed by atoms with van der Waals surface area (Å²) in [6.07, 6.45) is 0. The number of hydrogen-bond donors (Lipinski definition) is 4. The SMILES string of the molecule is COc1c(NC(=O)C(N=Nc2cc(Cl)cc(C(=O)Nc3cccc(CCl)c3)c2)C(C)=O)ccc(NC(=O)C(N=Nc2cc(Cl)cc(C(=O)Nc3cccc(CCl)c3)c2)C(C)=O)c1OC. The number of Topliss-reactive ketones (excluding diaryl/α,β-unsaturated/α-hetero) is 2. The summed E-state index contributed by atoms with van der Waals surface area (Å²) in [6.45, 7) is 2.28. The Morgan fingerprint density at radius 1 is 0.547 bits per heavy atom. The number of ketones is 2. The van der Waals surface area contributed by atoms with E-state index in [2.05, 4.69) is 41.7 Å². The fraction of sp³-hybridized carbons (Fsp3) is 0.182. The van der Waals surface area contributed by atoms with Crippen molar-refractivity contribution in [1.29, 1.82) is 0 Å². The monoisotopic (exact) mass is 946 g/mol. The Morgan fingerprint density at radius 3 is 1.28 bits per heavy atom. The molecule has 0 aliphatic rings. The van der Waals surface area contributed by atoms with Crippen molar-refractivity contribution in [2.45, 2.75) is 37.7 Å². The van der Waals surface area contributed by atoms with Crippen molar-refractivity contribution in [3.8, 4) is 11.5 Å². The second-order valence-corrected chi connectivity index (χ2v) is 15.0. The van der Waals surface area contributed by atoms with Crippen molar-refractivity contribution in [3.05, 3.63) is 129 Å². The molecular formula is C44H38Cl4N8O8. The number of ether oxygens (including phenoxy) is 2. The normalized spacial score (nSPS) is 12.0. The van der Waals surface area contributed by atoms with E-state index in [9.17, 15) is 28.8 Å². The molecule has 0 radical (unpaired) electrons. The Balaban J connectivity index is 1.30. The van der Waals surface area contributed by atoms with Crippen LogP contribution < -0.4 is 30.7 Å². The molecule has 0 saturated carbocycles. The molecule has 2 unspecified atom stereocenters. The number of amides is 4. The first-order valence-electron chi connectivity index (χ1n) is 18.9. The molecule has 4 N–H and O–H groups in total. The zero-order valence-corrected chi connectivity index (χ0v) is 37.4. The topological polar surface area (TPSA) is 218 Å². The van der Waals surface area contributed by atoms with E-state index in [1.165, 1.54) is 62.8 Å². The van der Waals surface area contributed by atoms with E-state index in [-0.39, 0.29) is 67.2 Å². The predicted octanol–water partition coefficient (Wildman–Crippen LogP) is 10.4. The lowest BCUT2D eigenvalue weighted by Crippen LogP contribution is -2.32. The molecule has 0 spiro atoms. The van der Waals surface area contributed by atoms with Crippen LogP contribution in [0.4, 0.5) is 34.1 Å². The van der Waals surface area contributed by atoms with Crippen molar-refractivity contribution in [3.63, 3.8) is 0 Å². The van der Waals surface area contributed by atoms with Gasteiger partial charge < -0.3 is 30.7 Å². The van der Waals surface area contributed by atoms with Gasteiger partial charge in [0.25, 0.3) is 23.6 Å². The van der Waals surface area contributed by atoms with Gasteiger partial charge in [0, 0.05) is 44.3 Å². The van der Waals surface area contributed by atoms with Crippen LogP contribution in [0.15, 0.2) is 118 Å². The van der Waals surface area contributed by atoms with Crippen LogP contribution in [-0.4, -0.2) is 61.5 Å². The van der Waals surface area contributed by atoms with Gasteiger partial charge in [-0.3, -0.25) is 28.8 Å². The highest BCUT2D eigenvalue weighted by atomic mass is 35.5. The Kier molecular flexibility index (Phi) is 17.0. The van der Waals surface area contributed by atoms with Crippen LogP contribution in [0.25, 0.3) is 0 Å².